The Hall–Kier alpha value is -5.08. The van der Waals surface area contributed by atoms with E-state index in [1.807, 2.05) is 36.4 Å². The number of carbonyl (C=O) groups excluding carboxylic acids is 1. The number of pyridine rings is 1. The zero-order valence-electron chi connectivity index (χ0n) is 21.1. The molecule has 10 nitrogen and oxygen atoms in total. The van der Waals surface area contributed by atoms with Gasteiger partial charge in [0.1, 0.15) is 12.2 Å². The summed E-state index contributed by atoms with van der Waals surface area (Å²) in [5, 5.41) is 29.2. The topological polar surface area (TPSA) is 141 Å². The monoisotopic (exact) mass is 525 g/mol. The van der Waals surface area contributed by atoms with Gasteiger partial charge >= 0.3 is 0 Å². The second-order valence-electron chi connectivity index (χ2n) is 9.43. The van der Waals surface area contributed by atoms with Gasteiger partial charge in [-0.2, -0.15) is 10.4 Å². The van der Waals surface area contributed by atoms with E-state index in [1.54, 1.807) is 22.8 Å². The van der Waals surface area contributed by atoms with E-state index in [1.165, 1.54) is 32.6 Å². The van der Waals surface area contributed by atoms with Gasteiger partial charge in [0.05, 0.1) is 58.3 Å². The van der Waals surface area contributed by atoms with Crippen molar-refractivity contribution in [2.24, 2.45) is 0 Å². The fraction of sp³-hybridized carbons (Fsp3) is 0.179. The number of hydrogen-bond donors (Lipinski definition) is 3. The van der Waals surface area contributed by atoms with Crippen molar-refractivity contribution in [3.05, 3.63) is 84.6 Å². The Morgan fingerprint density at radius 3 is 2.67 bits per heavy atom. The number of carbonyl (C=O) groups is 1. The minimum atomic E-state index is -1.66. The smallest absolute Gasteiger partial charge is 0.255 e. The molecule has 0 bridgehead atoms. The van der Waals surface area contributed by atoms with E-state index in [9.17, 15) is 14.3 Å². The highest BCUT2D eigenvalue weighted by Crippen LogP contribution is 2.29. The summed E-state index contributed by atoms with van der Waals surface area (Å²) in [6.45, 7) is 2.31. The highest BCUT2D eigenvalue weighted by Gasteiger charge is 2.27. The van der Waals surface area contributed by atoms with Crippen molar-refractivity contribution in [3.63, 3.8) is 0 Å². The summed E-state index contributed by atoms with van der Waals surface area (Å²) < 4.78 is 21.3. The molecule has 4 heterocycles. The number of nitrogens with one attached hydrogen (secondary N) is 2. The van der Waals surface area contributed by atoms with Crippen molar-refractivity contribution in [2.45, 2.75) is 25.6 Å². The van der Waals surface area contributed by atoms with Crippen LogP contribution in [0.3, 0.4) is 0 Å². The molecule has 0 fully saturated rings. The molecule has 0 saturated carbocycles. The molecule has 1 amide bonds. The summed E-state index contributed by atoms with van der Waals surface area (Å²) in [6, 6.07) is 16.5. The van der Waals surface area contributed by atoms with E-state index in [0.717, 1.165) is 5.56 Å². The van der Waals surface area contributed by atoms with E-state index in [2.05, 4.69) is 31.8 Å². The first kappa shape index (κ1) is 25.6. The largest absolute Gasteiger partial charge is 0.444 e. The number of amides is 1. The Kier molecular flexibility index (Phi) is 6.79. The van der Waals surface area contributed by atoms with Crippen LogP contribution in [0.4, 0.5) is 15.8 Å². The number of aromatic nitrogens is 4. The molecule has 196 valence electrons. The van der Waals surface area contributed by atoms with Crippen molar-refractivity contribution >= 4 is 22.8 Å². The number of nitrogens with zero attached hydrogens (tertiary/aromatic N) is 5. The van der Waals surface area contributed by atoms with Crippen LogP contribution in [0.5, 0.6) is 0 Å². The maximum Gasteiger partial charge on any atom is 0.255 e. The second kappa shape index (κ2) is 10.4. The fourth-order valence-corrected chi connectivity index (χ4v) is 3.89. The van der Waals surface area contributed by atoms with Gasteiger partial charge in [0.2, 0.25) is 0 Å². The number of rotatable bonds is 8. The average molecular weight is 526 g/mol. The van der Waals surface area contributed by atoms with Crippen LogP contribution in [0, 0.1) is 11.3 Å². The van der Waals surface area contributed by atoms with Gasteiger partial charge in [-0.25, -0.2) is 13.9 Å². The van der Waals surface area contributed by atoms with E-state index in [0.29, 0.717) is 39.6 Å². The van der Waals surface area contributed by atoms with Crippen LogP contribution in [-0.4, -0.2) is 48.9 Å². The minimum absolute atomic E-state index is 0.182. The molecule has 39 heavy (non-hydrogen) atoms. The van der Waals surface area contributed by atoms with Crippen LogP contribution >= 0.6 is 0 Å². The minimum Gasteiger partial charge on any atom is -0.444 e. The second-order valence-corrected chi connectivity index (χ2v) is 9.43. The van der Waals surface area contributed by atoms with Crippen molar-refractivity contribution in [1.82, 2.24) is 24.9 Å². The van der Waals surface area contributed by atoms with Crippen molar-refractivity contribution in [1.29, 1.82) is 5.26 Å². The number of aliphatic hydroxyl groups is 1. The van der Waals surface area contributed by atoms with Gasteiger partial charge in [0, 0.05) is 17.4 Å². The van der Waals surface area contributed by atoms with Gasteiger partial charge in [-0.1, -0.05) is 0 Å². The third-order valence-corrected chi connectivity index (χ3v) is 6.13. The lowest BCUT2D eigenvalue weighted by Crippen LogP contribution is -2.42. The Morgan fingerprint density at radius 1 is 1.18 bits per heavy atom. The van der Waals surface area contributed by atoms with Gasteiger partial charge < -0.3 is 20.2 Å². The first-order chi connectivity index (χ1) is 18.7. The summed E-state index contributed by atoms with van der Waals surface area (Å²) in [5.41, 5.74) is 2.83. The van der Waals surface area contributed by atoms with E-state index >= 15 is 0 Å². The van der Waals surface area contributed by atoms with Crippen LogP contribution in [0.2, 0.25) is 0 Å². The number of alkyl halides is 1. The molecule has 11 heteroatoms. The molecular formula is C28H24FN7O3. The van der Waals surface area contributed by atoms with Crippen molar-refractivity contribution in [2.75, 3.05) is 11.9 Å². The number of anilines is 2. The number of hydrogen-bond acceptors (Lipinski definition) is 8. The molecule has 0 saturated heterocycles. The van der Waals surface area contributed by atoms with Crippen molar-refractivity contribution in [3.8, 4) is 28.8 Å². The Morgan fingerprint density at radius 2 is 1.97 bits per heavy atom. The van der Waals surface area contributed by atoms with Crippen LogP contribution in [0.15, 0.2) is 77.9 Å². The lowest BCUT2D eigenvalue weighted by Gasteiger charge is -2.22. The first-order valence-electron chi connectivity index (χ1n) is 12.0. The van der Waals surface area contributed by atoms with Crippen molar-refractivity contribution < 1.29 is 18.7 Å². The van der Waals surface area contributed by atoms with E-state index < -0.39 is 17.7 Å². The Bertz CT molecular complexity index is 1670. The zero-order chi connectivity index (χ0) is 27.6. The quantitative estimate of drug-likeness (QED) is 0.269. The Labute approximate surface area is 222 Å². The molecule has 0 aliphatic rings. The van der Waals surface area contributed by atoms with Gasteiger partial charge in [-0.3, -0.25) is 9.78 Å². The van der Waals surface area contributed by atoms with Crippen LogP contribution in [0.25, 0.3) is 28.2 Å². The summed E-state index contributed by atoms with van der Waals surface area (Å²) >= 11 is 0. The predicted octanol–water partition coefficient (Wildman–Crippen LogP) is 4.51. The molecule has 0 radical (unpaired) electrons. The van der Waals surface area contributed by atoms with Gasteiger partial charge in [-0.15, -0.1) is 0 Å². The molecule has 0 aliphatic carbocycles. The first-order valence-corrected chi connectivity index (χ1v) is 12.0. The number of nitriles is 1. The highest BCUT2D eigenvalue weighted by molar-refractivity contribution is 6.00. The summed E-state index contributed by atoms with van der Waals surface area (Å²) in [6.07, 6.45) is 4.16. The van der Waals surface area contributed by atoms with E-state index in [4.69, 9.17) is 9.68 Å². The number of oxazole rings is 1. The third-order valence-electron chi connectivity index (χ3n) is 6.13. The molecule has 0 aliphatic heterocycles. The van der Waals surface area contributed by atoms with E-state index in [-0.39, 0.29) is 12.1 Å². The highest BCUT2D eigenvalue weighted by atomic mass is 19.1. The molecule has 4 aromatic heterocycles. The summed E-state index contributed by atoms with van der Waals surface area (Å²) in [4.78, 5) is 21.5. The molecule has 5 aromatic rings. The molecule has 1 atom stereocenters. The molecule has 1 unspecified atom stereocenters. The van der Waals surface area contributed by atoms with Gasteiger partial charge in [-0.05, 0) is 62.4 Å². The predicted molar refractivity (Wildman–Crippen MR) is 142 cm³/mol. The number of benzene rings is 1. The molecule has 3 N–H and O–H groups in total. The summed E-state index contributed by atoms with van der Waals surface area (Å²) in [5.74, 6) is 0.0612. The molecule has 1 aromatic carbocycles. The number of fused-ring (bicyclic) bond motifs is 1. The normalized spacial score (nSPS) is 12.2. The molecular weight excluding hydrogens is 501 g/mol. The fourth-order valence-electron chi connectivity index (χ4n) is 3.89. The lowest BCUT2D eigenvalue weighted by molar-refractivity contribution is -0.00177. The van der Waals surface area contributed by atoms with Crippen LogP contribution in [0.1, 0.15) is 29.8 Å². The molecule has 5 rings (SSSR count). The summed E-state index contributed by atoms with van der Waals surface area (Å²) in [7, 11) is 0. The van der Waals surface area contributed by atoms with Crippen LogP contribution in [-0.2, 0) is 0 Å². The maximum absolute atomic E-state index is 14.3. The SMILES string of the molecule is CC(C)(O)C(F)CNC(=O)c1cnc(-c2ccc3cc(C#N)cnn23)cc1Nc1ccc(-c2cnco2)cc1. The standard InChI is InChI=1S/C28H24FN7O3/c1-28(2,38)26(29)15-33-27(37)21-13-32-23(24-8-7-20-9-17(11-30)12-34-36(20)24)10-22(21)35-19-5-3-18(4-6-19)25-14-31-16-39-25/h3-10,12-14,16,26,38H,15H2,1-2H3,(H,32,35)(H,33,37). The Balaban J connectivity index is 1.49. The third kappa shape index (κ3) is 5.46. The zero-order valence-corrected chi connectivity index (χ0v) is 21.1. The van der Waals surface area contributed by atoms with Gasteiger partial charge in [0.15, 0.2) is 12.2 Å². The lowest BCUT2D eigenvalue weighted by atomic mass is 10.0. The average Bonchev–Trinajstić information content (AvgIpc) is 3.61. The van der Waals surface area contributed by atoms with Gasteiger partial charge in [0.25, 0.3) is 5.91 Å². The number of halogens is 1. The maximum atomic E-state index is 14.3. The molecule has 0 spiro atoms. The van der Waals surface area contributed by atoms with Crippen LogP contribution < -0.4 is 10.6 Å².